The van der Waals surface area contributed by atoms with Gasteiger partial charge in [-0.25, -0.2) is 0 Å². The molecule has 0 aliphatic rings. The highest BCUT2D eigenvalue weighted by Gasteiger charge is 2.12. The van der Waals surface area contributed by atoms with E-state index in [1.54, 1.807) is 6.20 Å². The van der Waals surface area contributed by atoms with E-state index in [0.29, 0.717) is 11.7 Å². The number of carbonyl (C=O) groups is 1. The van der Waals surface area contributed by atoms with Crippen LogP contribution in [0.4, 0.5) is 5.69 Å². The number of ether oxygens (including phenoxy) is 1. The lowest BCUT2D eigenvalue weighted by molar-refractivity contribution is -0.118. The second-order valence-electron chi connectivity index (χ2n) is 6.06. The summed E-state index contributed by atoms with van der Waals surface area (Å²) in [5.74, 6) is 0.826. The molecule has 1 aromatic heterocycles. The van der Waals surface area contributed by atoms with Crippen LogP contribution < -0.4 is 10.1 Å². The Labute approximate surface area is 147 Å². The number of para-hydroxylation sites is 2. The Hall–Kier alpha value is -2.88. The van der Waals surface area contributed by atoms with E-state index >= 15 is 0 Å². The highest BCUT2D eigenvalue weighted by molar-refractivity contribution is 5.93. The molecule has 4 heteroatoms. The maximum atomic E-state index is 12.3. The van der Waals surface area contributed by atoms with Gasteiger partial charge in [0.15, 0.2) is 6.61 Å². The summed E-state index contributed by atoms with van der Waals surface area (Å²) in [5, 5.41) is 3.95. The maximum Gasteiger partial charge on any atom is 0.262 e. The zero-order valence-corrected chi connectivity index (χ0v) is 14.5. The number of anilines is 1. The summed E-state index contributed by atoms with van der Waals surface area (Å²) in [5.41, 5.74) is 2.75. The normalized spacial score (nSPS) is 11.9. The fraction of sp³-hybridized carbons (Fsp3) is 0.238. The Bertz CT molecular complexity index is 871. The summed E-state index contributed by atoms with van der Waals surface area (Å²) >= 11 is 0. The summed E-state index contributed by atoms with van der Waals surface area (Å²) in [7, 11) is 0. The first-order valence-corrected chi connectivity index (χ1v) is 8.54. The molecule has 1 atom stereocenters. The van der Waals surface area contributed by atoms with E-state index in [0.717, 1.165) is 28.6 Å². The minimum absolute atomic E-state index is 0.0511. The summed E-state index contributed by atoms with van der Waals surface area (Å²) in [6, 6.07) is 17.5. The predicted octanol–water partition coefficient (Wildman–Crippen LogP) is 4.77. The lowest BCUT2D eigenvalue weighted by Gasteiger charge is -2.16. The van der Waals surface area contributed by atoms with Gasteiger partial charge < -0.3 is 10.1 Å². The number of carbonyl (C=O) groups excluding carboxylic acids is 1. The minimum atomic E-state index is -0.177. The molecule has 1 amide bonds. The number of aromatic nitrogens is 1. The van der Waals surface area contributed by atoms with Crippen molar-refractivity contribution in [1.29, 1.82) is 0 Å². The first-order valence-electron chi connectivity index (χ1n) is 8.54. The Morgan fingerprint density at radius 3 is 2.76 bits per heavy atom. The van der Waals surface area contributed by atoms with Crippen LogP contribution in [0.2, 0.25) is 0 Å². The molecular formula is C21H22N2O2. The Morgan fingerprint density at radius 2 is 1.92 bits per heavy atom. The van der Waals surface area contributed by atoms with Crippen LogP contribution in [0.3, 0.4) is 0 Å². The summed E-state index contributed by atoms with van der Waals surface area (Å²) in [6.45, 7) is 4.24. The Balaban J connectivity index is 1.69. The zero-order valence-electron chi connectivity index (χ0n) is 14.5. The third-order valence-corrected chi connectivity index (χ3v) is 4.33. The topological polar surface area (TPSA) is 51.2 Å². The van der Waals surface area contributed by atoms with Crippen LogP contribution in [-0.4, -0.2) is 17.5 Å². The molecule has 0 aliphatic heterocycles. The number of hydrogen-bond acceptors (Lipinski definition) is 3. The first-order chi connectivity index (χ1) is 12.2. The van der Waals surface area contributed by atoms with Crippen LogP contribution in [0.5, 0.6) is 5.75 Å². The van der Waals surface area contributed by atoms with Gasteiger partial charge >= 0.3 is 0 Å². The number of nitrogens with zero attached hydrogens (tertiary/aromatic N) is 1. The third kappa shape index (κ3) is 3.97. The van der Waals surface area contributed by atoms with Gasteiger partial charge in [0.25, 0.3) is 5.91 Å². The molecule has 1 N–H and O–H groups in total. The van der Waals surface area contributed by atoms with Crippen LogP contribution in [0, 0.1) is 0 Å². The van der Waals surface area contributed by atoms with Crippen molar-refractivity contribution in [2.24, 2.45) is 0 Å². The number of rotatable bonds is 6. The molecular weight excluding hydrogens is 312 g/mol. The van der Waals surface area contributed by atoms with E-state index in [9.17, 15) is 4.79 Å². The molecule has 0 bridgehead atoms. The lowest BCUT2D eigenvalue weighted by Crippen LogP contribution is -2.21. The van der Waals surface area contributed by atoms with E-state index in [1.165, 1.54) is 0 Å². The molecule has 4 nitrogen and oxygen atoms in total. The molecule has 0 aliphatic carbocycles. The summed E-state index contributed by atoms with van der Waals surface area (Å²) < 4.78 is 5.71. The molecule has 0 saturated heterocycles. The standard InChI is InChI=1S/C21H22N2O2/c1-3-15(2)17-10-4-5-11-18(17)23-20(24)14-25-19-12-6-8-16-9-7-13-22-21(16)19/h4-13,15H,3,14H2,1-2H3,(H,23,24)/t15-/m1/s1. The van der Waals surface area contributed by atoms with E-state index in [1.807, 2.05) is 48.5 Å². The minimum Gasteiger partial charge on any atom is -0.481 e. The van der Waals surface area contributed by atoms with Crippen LogP contribution >= 0.6 is 0 Å². The van der Waals surface area contributed by atoms with Gasteiger partial charge in [-0.2, -0.15) is 0 Å². The van der Waals surface area contributed by atoms with Gasteiger partial charge in [-0.05, 0) is 36.1 Å². The number of nitrogens with one attached hydrogen (secondary N) is 1. The van der Waals surface area contributed by atoms with Gasteiger partial charge in [0.05, 0.1) is 0 Å². The lowest BCUT2D eigenvalue weighted by atomic mass is 9.97. The molecule has 0 fully saturated rings. The van der Waals surface area contributed by atoms with Crippen molar-refractivity contribution in [2.75, 3.05) is 11.9 Å². The largest absolute Gasteiger partial charge is 0.481 e. The number of amides is 1. The number of benzene rings is 2. The van der Waals surface area contributed by atoms with Gasteiger partial charge in [-0.3, -0.25) is 9.78 Å². The monoisotopic (exact) mass is 334 g/mol. The van der Waals surface area contributed by atoms with E-state index in [2.05, 4.69) is 30.2 Å². The van der Waals surface area contributed by atoms with Crippen LogP contribution in [0.1, 0.15) is 31.7 Å². The van der Waals surface area contributed by atoms with E-state index in [4.69, 9.17) is 4.74 Å². The van der Waals surface area contributed by atoms with Crippen LogP contribution in [-0.2, 0) is 4.79 Å². The van der Waals surface area contributed by atoms with E-state index < -0.39 is 0 Å². The van der Waals surface area contributed by atoms with Crippen molar-refractivity contribution in [1.82, 2.24) is 4.98 Å². The van der Waals surface area contributed by atoms with Gasteiger partial charge in [-0.1, -0.05) is 50.2 Å². The highest BCUT2D eigenvalue weighted by Crippen LogP contribution is 2.27. The van der Waals surface area contributed by atoms with Crippen molar-refractivity contribution in [2.45, 2.75) is 26.2 Å². The summed E-state index contributed by atoms with van der Waals surface area (Å²) in [4.78, 5) is 16.7. The summed E-state index contributed by atoms with van der Waals surface area (Å²) in [6.07, 6.45) is 2.74. The van der Waals surface area contributed by atoms with E-state index in [-0.39, 0.29) is 12.5 Å². The van der Waals surface area contributed by atoms with Crippen molar-refractivity contribution in [3.05, 3.63) is 66.4 Å². The Morgan fingerprint density at radius 1 is 1.12 bits per heavy atom. The van der Waals surface area contributed by atoms with Crippen molar-refractivity contribution >= 4 is 22.5 Å². The Kier molecular flexibility index (Phi) is 5.29. The molecule has 0 unspecified atom stereocenters. The molecule has 3 aromatic rings. The van der Waals surface area contributed by atoms with Gasteiger partial charge in [-0.15, -0.1) is 0 Å². The molecule has 0 saturated carbocycles. The highest BCUT2D eigenvalue weighted by atomic mass is 16.5. The molecule has 0 spiro atoms. The SMILES string of the molecule is CC[C@@H](C)c1ccccc1NC(=O)COc1cccc2cccnc12. The van der Waals surface area contributed by atoms with Gasteiger partial charge in [0.2, 0.25) is 0 Å². The molecule has 128 valence electrons. The molecule has 1 heterocycles. The van der Waals surface area contributed by atoms with Crippen molar-refractivity contribution < 1.29 is 9.53 Å². The second-order valence-corrected chi connectivity index (χ2v) is 6.06. The van der Waals surface area contributed by atoms with Crippen molar-refractivity contribution in [3.63, 3.8) is 0 Å². The van der Waals surface area contributed by atoms with Crippen LogP contribution in [0.25, 0.3) is 10.9 Å². The molecule has 3 rings (SSSR count). The number of fused-ring (bicyclic) bond motifs is 1. The first kappa shape index (κ1) is 17.0. The van der Waals surface area contributed by atoms with Gasteiger partial charge in [0, 0.05) is 17.3 Å². The smallest absolute Gasteiger partial charge is 0.262 e. The zero-order chi connectivity index (χ0) is 17.6. The average Bonchev–Trinajstić information content (AvgIpc) is 2.66. The molecule has 0 radical (unpaired) electrons. The van der Waals surface area contributed by atoms with Crippen molar-refractivity contribution in [3.8, 4) is 5.75 Å². The predicted molar refractivity (Wildman–Crippen MR) is 101 cm³/mol. The second kappa shape index (κ2) is 7.79. The van der Waals surface area contributed by atoms with Gasteiger partial charge in [0.1, 0.15) is 11.3 Å². The number of pyridine rings is 1. The average molecular weight is 334 g/mol. The molecule has 2 aromatic carbocycles. The van der Waals surface area contributed by atoms with Crippen LogP contribution in [0.15, 0.2) is 60.8 Å². The number of hydrogen-bond donors (Lipinski definition) is 1. The molecule has 25 heavy (non-hydrogen) atoms. The fourth-order valence-corrected chi connectivity index (χ4v) is 2.78. The fourth-order valence-electron chi connectivity index (χ4n) is 2.78. The quantitative estimate of drug-likeness (QED) is 0.707. The maximum absolute atomic E-state index is 12.3. The third-order valence-electron chi connectivity index (χ3n) is 4.33.